The fourth-order valence-corrected chi connectivity index (χ4v) is 2.80. The summed E-state index contributed by atoms with van der Waals surface area (Å²) in [6, 6.07) is 7.12. The number of rotatable bonds is 4. The molecule has 3 nitrogen and oxygen atoms in total. The van der Waals surface area contributed by atoms with Gasteiger partial charge in [-0.3, -0.25) is 4.90 Å². The Bertz CT molecular complexity index is 401. The van der Waals surface area contributed by atoms with Crippen molar-refractivity contribution in [2.45, 2.75) is 32.4 Å². The summed E-state index contributed by atoms with van der Waals surface area (Å²) in [5.74, 6) is 0. The smallest absolute Gasteiger partial charge is 0.0343 e. The summed E-state index contributed by atoms with van der Waals surface area (Å²) in [5, 5.41) is 0. The van der Waals surface area contributed by atoms with E-state index in [1.807, 2.05) is 6.07 Å². The van der Waals surface area contributed by atoms with Gasteiger partial charge in [-0.25, -0.2) is 0 Å². The maximum absolute atomic E-state index is 5.87. The molecule has 0 bridgehead atoms. The Morgan fingerprint density at radius 3 is 2.83 bits per heavy atom. The van der Waals surface area contributed by atoms with Crippen LogP contribution in [0.3, 0.4) is 0 Å². The maximum Gasteiger partial charge on any atom is 0.0343 e. The third kappa shape index (κ3) is 3.24. The first-order valence-corrected chi connectivity index (χ1v) is 6.80. The van der Waals surface area contributed by atoms with Crippen LogP contribution in [-0.2, 0) is 6.54 Å². The molecule has 1 aromatic rings. The van der Waals surface area contributed by atoms with Crippen molar-refractivity contribution in [3.05, 3.63) is 29.3 Å². The monoisotopic (exact) mass is 247 g/mol. The number of benzene rings is 1. The average molecular weight is 247 g/mol. The van der Waals surface area contributed by atoms with Crippen molar-refractivity contribution in [2.24, 2.45) is 0 Å². The van der Waals surface area contributed by atoms with Crippen LogP contribution in [0.2, 0.25) is 0 Å². The van der Waals surface area contributed by atoms with E-state index in [0.29, 0.717) is 6.04 Å². The molecule has 1 aliphatic rings. The van der Waals surface area contributed by atoms with Crippen LogP contribution >= 0.6 is 0 Å². The topological polar surface area (TPSA) is 32.5 Å². The minimum atomic E-state index is 0.706. The molecule has 1 unspecified atom stereocenters. The van der Waals surface area contributed by atoms with Crippen LogP contribution in [0.15, 0.2) is 18.2 Å². The summed E-state index contributed by atoms with van der Waals surface area (Å²) in [6.07, 6.45) is 2.65. The first kappa shape index (κ1) is 13.4. The molecular weight excluding hydrogens is 222 g/mol. The van der Waals surface area contributed by atoms with Crippen molar-refractivity contribution >= 4 is 5.69 Å². The molecule has 1 heterocycles. The quantitative estimate of drug-likeness (QED) is 0.827. The number of nitrogens with zero attached hydrogens (tertiary/aromatic N) is 2. The summed E-state index contributed by atoms with van der Waals surface area (Å²) in [6.45, 7) is 5.52. The molecule has 2 rings (SSSR count). The van der Waals surface area contributed by atoms with Crippen molar-refractivity contribution in [2.75, 3.05) is 32.9 Å². The number of aryl methyl sites for hydroxylation is 1. The van der Waals surface area contributed by atoms with Gasteiger partial charge in [0.15, 0.2) is 0 Å². The summed E-state index contributed by atoms with van der Waals surface area (Å²) in [5.41, 5.74) is 9.34. The van der Waals surface area contributed by atoms with Crippen LogP contribution < -0.4 is 5.73 Å². The SMILES string of the molecule is Cc1cc(CN2CCCC2CN(C)C)ccc1N. The highest BCUT2D eigenvalue weighted by Gasteiger charge is 2.24. The lowest BCUT2D eigenvalue weighted by atomic mass is 10.1. The Kier molecular flexibility index (Phi) is 4.25. The Labute approximate surface area is 111 Å². The predicted molar refractivity (Wildman–Crippen MR) is 77.6 cm³/mol. The zero-order chi connectivity index (χ0) is 13.1. The lowest BCUT2D eigenvalue weighted by molar-refractivity contribution is 0.201. The van der Waals surface area contributed by atoms with E-state index in [2.05, 4.69) is 43.0 Å². The number of nitrogens with two attached hydrogens (primary N) is 1. The van der Waals surface area contributed by atoms with Crippen LogP contribution in [-0.4, -0.2) is 43.0 Å². The third-order valence-corrected chi connectivity index (χ3v) is 3.79. The van der Waals surface area contributed by atoms with Crippen molar-refractivity contribution in [3.63, 3.8) is 0 Å². The molecule has 1 fully saturated rings. The van der Waals surface area contributed by atoms with Crippen LogP contribution in [0.5, 0.6) is 0 Å². The van der Waals surface area contributed by atoms with E-state index in [-0.39, 0.29) is 0 Å². The minimum Gasteiger partial charge on any atom is -0.399 e. The van der Waals surface area contributed by atoms with Crippen molar-refractivity contribution in [3.8, 4) is 0 Å². The van der Waals surface area contributed by atoms with Gasteiger partial charge in [0.1, 0.15) is 0 Å². The minimum absolute atomic E-state index is 0.706. The number of anilines is 1. The lowest BCUT2D eigenvalue weighted by Gasteiger charge is -2.27. The number of likely N-dealkylation sites (N-methyl/N-ethyl adjacent to an activating group) is 1. The van der Waals surface area contributed by atoms with E-state index >= 15 is 0 Å². The van der Waals surface area contributed by atoms with Crippen LogP contribution in [0, 0.1) is 6.92 Å². The van der Waals surface area contributed by atoms with Gasteiger partial charge >= 0.3 is 0 Å². The first-order valence-electron chi connectivity index (χ1n) is 6.80. The molecular formula is C15H25N3. The van der Waals surface area contributed by atoms with E-state index in [4.69, 9.17) is 5.73 Å². The van der Waals surface area contributed by atoms with Crippen molar-refractivity contribution in [1.29, 1.82) is 0 Å². The zero-order valence-electron chi connectivity index (χ0n) is 11.8. The van der Waals surface area contributed by atoms with E-state index < -0.39 is 0 Å². The number of likely N-dealkylation sites (tertiary alicyclic amines) is 1. The van der Waals surface area contributed by atoms with E-state index in [1.54, 1.807) is 0 Å². The second-order valence-corrected chi connectivity index (χ2v) is 5.72. The van der Waals surface area contributed by atoms with Gasteiger partial charge in [-0.2, -0.15) is 0 Å². The van der Waals surface area contributed by atoms with E-state index in [0.717, 1.165) is 18.8 Å². The Hall–Kier alpha value is -1.06. The lowest BCUT2D eigenvalue weighted by Crippen LogP contribution is -2.37. The van der Waals surface area contributed by atoms with Gasteiger partial charge in [0.05, 0.1) is 0 Å². The third-order valence-electron chi connectivity index (χ3n) is 3.79. The molecule has 3 heteroatoms. The summed E-state index contributed by atoms with van der Waals surface area (Å²) < 4.78 is 0. The van der Waals surface area contributed by atoms with Gasteiger partial charge in [0.2, 0.25) is 0 Å². The predicted octanol–water partition coefficient (Wildman–Crippen LogP) is 2.10. The van der Waals surface area contributed by atoms with Crippen molar-refractivity contribution < 1.29 is 0 Å². The molecule has 0 amide bonds. The molecule has 0 saturated carbocycles. The highest BCUT2D eigenvalue weighted by atomic mass is 15.2. The average Bonchev–Trinajstić information content (AvgIpc) is 2.70. The molecule has 1 atom stereocenters. The number of hydrogen-bond acceptors (Lipinski definition) is 3. The number of nitrogen functional groups attached to an aromatic ring is 1. The summed E-state index contributed by atoms with van der Waals surface area (Å²) in [4.78, 5) is 4.89. The fraction of sp³-hybridized carbons (Fsp3) is 0.600. The van der Waals surface area contributed by atoms with Gasteiger partial charge in [0.25, 0.3) is 0 Å². The summed E-state index contributed by atoms with van der Waals surface area (Å²) in [7, 11) is 4.31. The fourth-order valence-electron chi connectivity index (χ4n) is 2.80. The molecule has 2 N–H and O–H groups in total. The van der Waals surface area contributed by atoms with E-state index in [1.165, 1.54) is 30.5 Å². The van der Waals surface area contributed by atoms with Gasteiger partial charge in [-0.1, -0.05) is 12.1 Å². The Balaban J connectivity index is 2.01. The summed E-state index contributed by atoms with van der Waals surface area (Å²) >= 11 is 0. The highest BCUT2D eigenvalue weighted by molar-refractivity contribution is 5.47. The van der Waals surface area contributed by atoms with E-state index in [9.17, 15) is 0 Å². The van der Waals surface area contributed by atoms with Crippen LogP contribution in [0.1, 0.15) is 24.0 Å². The van der Waals surface area contributed by atoms with Gasteiger partial charge in [0, 0.05) is 24.8 Å². The molecule has 1 aromatic carbocycles. The number of hydrogen-bond donors (Lipinski definition) is 1. The molecule has 100 valence electrons. The van der Waals surface area contributed by atoms with Gasteiger partial charge in [-0.15, -0.1) is 0 Å². The van der Waals surface area contributed by atoms with Gasteiger partial charge in [-0.05, 0) is 57.6 Å². The highest BCUT2D eigenvalue weighted by Crippen LogP contribution is 2.22. The first-order chi connectivity index (χ1) is 8.56. The Morgan fingerprint density at radius 2 is 2.17 bits per heavy atom. The standard InChI is InChI=1S/C15H25N3/c1-12-9-13(6-7-15(12)16)10-18-8-4-5-14(18)11-17(2)3/h6-7,9,14H,4-5,8,10-11,16H2,1-3H3. The van der Waals surface area contributed by atoms with Crippen LogP contribution in [0.4, 0.5) is 5.69 Å². The maximum atomic E-state index is 5.87. The molecule has 1 saturated heterocycles. The molecule has 1 aliphatic heterocycles. The van der Waals surface area contributed by atoms with Gasteiger partial charge < -0.3 is 10.6 Å². The molecule has 0 aromatic heterocycles. The van der Waals surface area contributed by atoms with Crippen LogP contribution in [0.25, 0.3) is 0 Å². The molecule has 18 heavy (non-hydrogen) atoms. The zero-order valence-corrected chi connectivity index (χ0v) is 11.8. The molecule has 0 spiro atoms. The largest absolute Gasteiger partial charge is 0.399 e. The Morgan fingerprint density at radius 1 is 1.39 bits per heavy atom. The molecule has 0 aliphatic carbocycles. The second kappa shape index (κ2) is 5.72. The molecule has 0 radical (unpaired) electrons. The van der Waals surface area contributed by atoms with Crippen molar-refractivity contribution in [1.82, 2.24) is 9.80 Å². The normalized spacial score (nSPS) is 20.8. The second-order valence-electron chi connectivity index (χ2n) is 5.72.